The number of hydrogen-bond acceptors (Lipinski definition) is 5. The summed E-state index contributed by atoms with van der Waals surface area (Å²) >= 11 is 0. The van der Waals surface area contributed by atoms with Crippen molar-refractivity contribution in [1.29, 1.82) is 0 Å². The molecule has 1 aromatic carbocycles. The van der Waals surface area contributed by atoms with E-state index in [0.717, 1.165) is 12.1 Å². The number of β-amino-alcohol motifs (C(OH)–C–C–N with tert-alkyl or cyclic N) is 1. The van der Waals surface area contributed by atoms with Gasteiger partial charge in [-0.3, -0.25) is 4.79 Å². The number of piperidine rings is 1. The van der Waals surface area contributed by atoms with Crippen molar-refractivity contribution in [3.63, 3.8) is 0 Å². The predicted molar refractivity (Wildman–Crippen MR) is 95.6 cm³/mol. The number of aromatic nitrogens is 3. The maximum atomic E-state index is 11.6. The maximum absolute atomic E-state index is 11.6. The molecule has 7 nitrogen and oxygen atoms in total. The number of carbonyl (C=O) groups excluding carboxylic acids is 1. The van der Waals surface area contributed by atoms with E-state index < -0.39 is 5.60 Å². The maximum Gasteiger partial charge on any atom is 0.231 e. The summed E-state index contributed by atoms with van der Waals surface area (Å²) in [4.78, 5) is 15.3. The summed E-state index contributed by atoms with van der Waals surface area (Å²) < 4.78 is 1.90. The van der Waals surface area contributed by atoms with Crippen molar-refractivity contribution in [2.45, 2.75) is 31.8 Å². The smallest absolute Gasteiger partial charge is 0.231 e. The van der Waals surface area contributed by atoms with Gasteiger partial charge in [-0.1, -0.05) is 18.2 Å². The predicted octanol–water partition coefficient (Wildman–Crippen LogP) is 1.50. The van der Waals surface area contributed by atoms with Gasteiger partial charge in [0.25, 0.3) is 0 Å². The van der Waals surface area contributed by atoms with Crippen LogP contribution in [0.15, 0.2) is 30.3 Å². The number of nitrogens with zero attached hydrogens (tertiary/aromatic N) is 5. The zero-order valence-electron chi connectivity index (χ0n) is 15.0. The third kappa shape index (κ3) is 3.66. The highest BCUT2D eigenvalue weighted by atomic mass is 16.3. The van der Waals surface area contributed by atoms with Gasteiger partial charge in [0.1, 0.15) is 5.82 Å². The van der Waals surface area contributed by atoms with Gasteiger partial charge in [0, 0.05) is 46.2 Å². The molecule has 2 heterocycles. The van der Waals surface area contributed by atoms with Crippen molar-refractivity contribution in [2.24, 2.45) is 7.05 Å². The van der Waals surface area contributed by atoms with Crippen molar-refractivity contribution < 1.29 is 9.90 Å². The Kier molecular flexibility index (Phi) is 4.76. The molecule has 1 unspecified atom stereocenters. The molecule has 0 spiro atoms. The third-order valence-electron chi connectivity index (χ3n) is 4.87. The molecular formula is C18H25N5O2. The van der Waals surface area contributed by atoms with Gasteiger partial charge in [0.2, 0.25) is 11.9 Å². The Bertz CT molecular complexity index is 745. The summed E-state index contributed by atoms with van der Waals surface area (Å²) in [6, 6.07) is 9.94. The fourth-order valence-electron chi connectivity index (χ4n) is 3.38. The SMILES string of the molecule is CC(=O)N1CCCC(O)(Cc2nnc(N(C)c3ccccc3)n2C)C1. The first kappa shape index (κ1) is 17.4. The van der Waals surface area contributed by atoms with Crippen molar-refractivity contribution in [3.05, 3.63) is 36.2 Å². The summed E-state index contributed by atoms with van der Waals surface area (Å²) in [7, 11) is 3.84. The summed E-state index contributed by atoms with van der Waals surface area (Å²) in [5.41, 5.74) is 0.0662. The molecule has 1 aromatic heterocycles. The van der Waals surface area contributed by atoms with E-state index in [4.69, 9.17) is 0 Å². The van der Waals surface area contributed by atoms with Gasteiger partial charge in [-0.15, -0.1) is 10.2 Å². The van der Waals surface area contributed by atoms with E-state index in [2.05, 4.69) is 10.2 Å². The standard InChI is InChI=1S/C18H25N5O2/c1-14(24)23-11-7-10-18(25,13-23)12-16-19-20-17(22(16)3)21(2)15-8-5-4-6-9-15/h4-6,8-9,25H,7,10-13H2,1-3H3. The Hall–Kier alpha value is -2.41. The number of carbonyl (C=O) groups is 1. The van der Waals surface area contributed by atoms with Crippen LogP contribution in [0.4, 0.5) is 11.6 Å². The second kappa shape index (κ2) is 6.84. The molecule has 1 fully saturated rings. The fourth-order valence-corrected chi connectivity index (χ4v) is 3.38. The van der Waals surface area contributed by atoms with Gasteiger partial charge in [-0.25, -0.2) is 0 Å². The Labute approximate surface area is 147 Å². The lowest BCUT2D eigenvalue weighted by molar-refractivity contribution is -0.136. The molecule has 3 rings (SSSR count). The van der Waals surface area contributed by atoms with Gasteiger partial charge in [0.05, 0.1) is 5.60 Å². The third-order valence-corrected chi connectivity index (χ3v) is 4.87. The molecule has 25 heavy (non-hydrogen) atoms. The zero-order valence-corrected chi connectivity index (χ0v) is 15.0. The number of para-hydroxylation sites is 1. The van der Waals surface area contributed by atoms with E-state index in [0.29, 0.717) is 37.7 Å². The Balaban J connectivity index is 1.78. The van der Waals surface area contributed by atoms with Crippen LogP contribution in [0.5, 0.6) is 0 Å². The fraction of sp³-hybridized carbons (Fsp3) is 0.500. The molecule has 1 amide bonds. The summed E-state index contributed by atoms with van der Waals surface area (Å²) in [6.45, 7) is 2.60. The van der Waals surface area contributed by atoms with Gasteiger partial charge in [-0.2, -0.15) is 0 Å². The first-order chi connectivity index (χ1) is 11.9. The molecule has 1 N–H and O–H groups in total. The lowest BCUT2D eigenvalue weighted by Gasteiger charge is -2.38. The number of benzene rings is 1. The van der Waals surface area contributed by atoms with Crippen molar-refractivity contribution in [2.75, 3.05) is 25.0 Å². The van der Waals surface area contributed by atoms with E-state index in [1.165, 1.54) is 0 Å². The first-order valence-corrected chi connectivity index (χ1v) is 8.54. The molecular weight excluding hydrogens is 318 g/mol. The molecule has 0 radical (unpaired) electrons. The molecule has 1 atom stereocenters. The zero-order chi connectivity index (χ0) is 18.0. The van der Waals surface area contributed by atoms with Crippen LogP contribution in [0.2, 0.25) is 0 Å². The summed E-state index contributed by atoms with van der Waals surface area (Å²) in [5, 5.41) is 19.5. The number of aliphatic hydroxyl groups is 1. The van der Waals surface area contributed by atoms with Crippen molar-refractivity contribution in [1.82, 2.24) is 19.7 Å². The van der Waals surface area contributed by atoms with Gasteiger partial charge < -0.3 is 19.5 Å². The molecule has 0 saturated carbocycles. The summed E-state index contributed by atoms with van der Waals surface area (Å²) in [6.07, 6.45) is 1.83. The molecule has 0 bridgehead atoms. The topological polar surface area (TPSA) is 74.5 Å². The second-order valence-corrected chi connectivity index (χ2v) is 6.82. The molecule has 2 aromatic rings. The van der Waals surface area contributed by atoms with Crippen LogP contribution in [-0.4, -0.2) is 56.4 Å². The minimum absolute atomic E-state index is 0.000547. The lowest BCUT2D eigenvalue weighted by Crippen LogP contribution is -2.51. The summed E-state index contributed by atoms with van der Waals surface area (Å²) in [5.74, 6) is 1.43. The van der Waals surface area contributed by atoms with Crippen LogP contribution in [0.3, 0.4) is 0 Å². The van der Waals surface area contributed by atoms with Crippen LogP contribution in [-0.2, 0) is 18.3 Å². The normalized spacial score (nSPS) is 20.6. The van der Waals surface area contributed by atoms with Crippen LogP contribution in [0.25, 0.3) is 0 Å². The van der Waals surface area contributed by atoms with Crippen LogP contribution in [0, 0.1) is 0 Å². The monoisotopic (exact) mass is 343 g/mol. The Morgan fingerprint density at radius 1 is 1.32 bits per heavy atom. The van der Waals surface area contributed by atoms with E-state index in [1.807, 2.05) is 53.9 Å². The second-order valence-electron chi connectivity index (χ2n) is 6.82. The molecule has 0 aliphatic carbocycles. The molecule has 1 aliphatic heterocycles. The number of amides is 1. The van der Waals surface area contributed by atoms with Crippen LogP contribution < -0.4 is 4.90 Å². The number of anilines is 2. The average Bonchev–Trinajstić information content (AvgIpc) is 2.95. The molecule has 1 saturated heterocycles. The van der Waals surface area contributed by atoms with E-state index >= 15 is 0 Å². The van der Waals surface area contributed by atoms with E-state index in [1.54, 1.807) is 11.8 Å². The van der Waals surface area contributed by atoms with Gasteiger partial charge in [0.15, 0.2) is 0 Å². The Morgan fingerprint density at radius 2 is 2.04 bits per heavy atom. The molecule has 1 aliphatic rings. The van der Waals surface area contributed by atoms with Crippen molar-refractivity contribution >= 4 is 17.5 Å². The van der Waals surface area contributed by atoms with Gasteiger partial charge in [-0.05, 0) is 25.0 Å². The van der Waals surface area contributed by atoms with Crippen molar-refractivity contribution in [3.8, 4) is 0 Å². The molecule has 134 valence electrons. The highest BCUT2D eigenvalue weighted by Gasteiger charge is 2.36. The lowest BCUT2D eigenvalue weighted by atomic mass is 9.89. The van der Waals surface area contributed by atoms with E-state index in [-0.39, 0.29) is 5.91 Å². The number of rotatable bonds is 4. The minimum Gasteiger partial charge on any atom is -0.388 e. The quantitative estimate of drug-likeness (QED) is 0.911. The van der Waals surface area contributed by atoms with Crippen LogP contribution >= 0.6 is 0 Å². The number of hydrogen-bond donors (Lipinski definition) is 1. The molecule has 7 heteroatoms. The van der Waals surface area contributed by atoms with Gasteiger partial charge >= 0.3 is 0 Å². The average molecular weight is 343 g/mol. The largest absolute Gasteiger partial charge is 0.388 e. The first-order valence-electron chi connectivity index (χ1n) is 8.54. The highest BCUT2D eigenvalue weighted by Crippen LogP contribution is 2.27. The number of likely N-dealkylation sites (tertiary alicyclic amines) is 1. The van der Waals surface area contributed by atoms with E-state index in [9.17, 15) is 9.90 Å². The Morgan fingerprint density at radius 3 is 2.72 bits per heavy atom. The minimum atomic E-state index is -0.951. The van der Waals surface area contributed by atoms with Crippen LogP contribution in [0.1, 0.15) is 25.6 Å². The highest BCUT2D eigenvalue weighted by molar-refractivity contribution is 5.73.